The van der Waals surface area contributed by atoms with Crippen molar-refractivity contribution in [1.82, 2.24) is 10.3 Å². The van der Waals surface area contributed by atoms with E-state index >= 15 is 0 Å². The monoisotopic (exact) mass is 256 g/mol. The SMILES string of the molecule is CC(C)(CC(=O)O)NC(=O)c1ccc(Cl)nc1. The highest BCUT2D eigenvalue weighted by atomic mass is 35.5. The van der Waals surface area contributed by atoms with E-state index in [4.69, 9.17) is 16.7 Å². The first kappa shape index (κ1) is 13.4. The van der Waals surface area contributed by atoms with Gasteiger partial charge in [-0.1, -0.05) is 11.6 Å². The van der Waals surface area contributed by atoms with Gasteiger partial charge in [0.05, 0.1) is 12.0 Å². The van der Waals surface area contributed by atoms with Gasteiger partial charge in [-0.15, -0.1) is 0 Å². The van der Waals surface area contributed by atoms with Crippen molar-refractivity contribution in [2.45, 2.75) is 25.8 Å². The van der Waals surface area contributed by atoms with Gasteiger partial charge in [-0.3, -0.25) is 9.59 Å². The Morgan fingerprint density at radius 1 is 1.47 bits per heavy atom. The summed E-state index contributed by atoms with van der Waals surface area (Å²) >= 11 is 5.60. The number of nitrogens with zero attached hydrogens (tertiary/aromatic N) is 1. The highest BCUT2D eigenvalue weighted by Gasteiger charge is 2.24. The maximum atomic E-state index is 11.8. The van der Waals surface area contributed by atoms with Crippen molar-refractivity contribution in [3.63, 3.8) is 0 Å². The Labute approximate surface area is 104 Å². The summed E-state index contributed by atoms with van der Waals surface area (Å²) in [6.45, 7) is 3.28. The second-order valence-corrected chi connectivity index (χ2v) is 4.67. The smallest absolute Gasteiger partial charge is 0.305 e. The molecule has 6 heteroatoms. The highest BCUT2D eigenvalue weighted by Crippen LogP contribution is 2.11. The normalized spacial score (nSPS) is 11.0. The molecular formula is C11H13ClN2O3. The van der Waals surface area contributed by atoms with E-state index in [1.807, 2.05) is 0 Å². The molecule has 0 saturated heterocycles. The molecule has 0 radical (unpaired) electrons. The lowest BCUT2D eigenvalue weighted by molar-refractivity contribution is -0.138. The van der Waals surface area contributed by atoms with E-state index in [0.717, 1.165) is 0 Å². The lowest BCUT2D eigenvalue weighted by atomic mass is 10.0. The van der Waals surface area contributed by atoms with Crippen LogP contribution in [0.15, 0.2) is 18.3 Å². The Hall–Kier alpha value is -1.62. The summed E-state index contributed by atoms with van der Waals surface area (Å²) < 4.78 is 0. The van der Waals surface area contributed by atoms with Gasteiger partial charge in [-0.05, 0) is 26.0 Å². The average Bonchev–Trinajstić information content (AvgIpc) is 2.15. The molecule has 0 aliphatic carbocycles. The summed E-state index contributed by atoms with van der Waals surface area (Å²) in [5.74, 6) is -1.34. The largest absolute Gasteiger partial charge is 0.481 e. The zero-order chi connectivity index (χ0) is 13.1. The van der Waals surface area contributed by atoms with Crippen molar-refractivity contribution in [3.05, 3.63) is 29.0 Å². The number of rotatable bonds is 4. The number of hydrogen-bond donors (Lipinski definition) is 2. The van der Waals surface area contributed by atoms with Crippen molar-refractivity contribution >= 4 is 23.5 Å². The van der Waals surface area contributed by atoms with E-state index < -0.39 is 11.5 Å². The first-order valence-electron chi connectivity index (χ1n) is 4.96. The van der Waals surface area contributed by atoms with Crippen molar-refractivity contribution in [3.8, 4) is 0 Å². The molecular weight excluding hydrogens is 244 g/mol. The van der Waals surface area contributed by atoms with Crippen LogP contribution in [0.2, 0.25) is 5.15 Å². The summed E-state index contributed by atoms with van der Waals surface area (Å²) in [6.07, 6.45) is 1.19. The van der Waals surface area contributed by atoms with Gasteiger partial charge in [0.1, 0.15) is 5.15 Å². The van der Waals surface area contributed by atoms with E-state index in [2.05, 4.69) is 10.3 Å². The average molecular weight is 257 g/mol. The first-order valence-corrected chi connectivity index (χ1v) is 5.34. The molecule has 1 amide bonds. The van der Waals surface area contributed by atoms with Crippen LogP contribution < -0.4 is 5.32 Å². The molecule has 2 N–H and O–H groups in total. The van der Waals surface area contributed by atoms with Crippen LogP contribution in [0.3, 0.4) is 0 Å². The van der Waals surface area contributed by atoms with Gasteiger partial charge in [-0.25, -0.2) is 4.98 Å². The minimum Gasteiger partial charge on any atom is -0.481 e. The maximum Gasteiger partial charge on any atom is 0.305 e. The zero-order valence-corrected chi connectivity index (χ0v) is 10.3. The number of nitrogens with one attached hydrogen (secondary N) is 1. The van der Waals surface area contributed by atoms with Crippen molar-refractivity contribution < 1.29 is 14.7 Å². The number of hydrogen-bond acceptors (Lipinski definition) is 3. The predicted octanol–water partition coefficient (Wildman–Crippen LogP) is 1.72. The van der Waals surface area contributed by atoms with Gasteiger partial charge in [0, 0.05) is 11.7 Å². The molecule has 0 saturated carbocycles. The summed E-state index contributed by atoms with van der Waals surface area (Å²) in [7, 11) is 0. The number of amides is 1. The van der Waals surface area contributed by atoms with Gasteiger partial charge >= 0.3 is 5.97 Å². The quantitative estimate of drug-likeness (QED) is 0.804. The molecule has 0 bridgehead atoms. The predicted molar refractivity (Wildman–Crippen MR) is 63.0 cm³/mol. The molecule has 1 rings (SSSR count). The van der Waals surface area contributed by atoms with Crippen molar-refractivity contribution in [1.29, 1.82) is 0 Å². The number of carbonyl (C=O) groups excluding carboxylic acids is 1. The van der Waals surface area contributed by atoms with E-state index in [1.165, 1.54) is 18.3 Å². The molecule has 0 fully saturated rings. The maximum absolute atomic E-state index is 11.8. The number of carboxylic acids is 1. The Bertz CT molecular complexity index is 429. The molecule has 1 aromatic heterocycles. The zero-order valence-electron chi connectivity index (χ0n) is 9.53. The van der Waals surface area contributed by atoms with Crippen LogP contribution in [0.4, 0.5) is 0 Å². The molecule has 0 aliphatic heterocycles. The Kier molecular flexibility index (Phi) is 4.07. The highest BCUT2D eigenvalue weighted by molar-refractivity contribution is 6.29. The second kappa shape index (κ2) is 5.14. The fraction of sp³-hybridized carbons (Fsp3) is 0.364. The molecule has 0 atom stereocenters. The van der Waals surface area contributed by atoms with Crippen molar-refractivity contribution in [2.75, 3.05) is 0 Å². The van der Waals surface area contributed by atoms with Crippen LogP contribution in [-0.2, 0) is 4.79 Å². The van der Waals surface area contributed by atoms with Gasteiger partial charge in [-0.2, -0.15) is 0 Å². The number of carbonyl (C=O) groups is 2. The fourth-order valence-electron chi connectivity index (χ4n) is 1.31. The summed E-state index contributed by atoms with van der Waals surface area (Å²) in [5, 5.41) is 11.6. The number of aromatic nitrogens is 1. The third kappa shape index (κ3) is 4.40. The Morgan fingerprint density at radius 3 is 2.59 bits per heavy atom. The molecule has 17 heavy (non-hydrogen) atoms. The number of pyridine rings is 1. The summed E-state index contributed by atoms with van der Waals surface area (Å²) in [5.41, 5.74) is -0.476. The standard InChI is InChI=1S/C11H13ClN2O3/c1-11(2,5-9(15)16)14-10(17)7-3-4-8(12)13-6-7/h3-4,6H,5H2,1-2H3,(H,14,17)(H,15,16). The van der Waals surface area contributed by atoms with E-state index in [9.17, 15) is 9.59 Å². The van der Waals surface area contributed by atoms with E-state index in [0.29, 0.717) is 10.7 Å². The third-order valence-corrected chi connectivity index (χ3v) is 2.26. The minimum absolute atomic E-state index is 0.153. The molecule has 0 unspecified atom stereocenters. The van der Waals surface area contributed by atoms with Gasteiger partial charge < -0.3 is 10.4 Å². The van der Waals surface area contributed by atoms with Gasteiger partial charge in [0.15, 0.2) is 0 Å². The van der Waals surface area contributed by atoms with Gasteiger partial charge in [0.2, 0.25) is 0 Å². The van der Waals surface area contributed by atoms with Crippen molar-refractivity contribution in [2.24, 2.45) is 0 Å². The lowest BCUT2D eigenvalue weighted by Gasteiger charge is -2.24. The minimum atomic E-state index is -0.968. The fourth-order valence-corrected chi connectivity index (χ4v) is 1.42. The topological polar surface area (TPSA) is 79.3 Å². The van der Waals surface area contributed by atoms with E-state index in [-0.39, 0.29) is 12.3 Å². The number of carboxylic acid groups (broad SMARTS) is 1. The van der Waals surface area contributed by atoms with Gasteiger partial charge in [0.25, 0.3) is 5.91 Å². The van der Waals surface area contributed by atoms with Crippen LogP contribution in [0.5, 0.6) is 0 Å². The molecule has 92 valence electrons. The molecule has 1 aromatic rings. The van der Waals surface area contributed by atoms with Crippen LogP contribution >= 0.6 is 11.6 Å². The first-order chi connectivity index (χ1) is 7.80. The second-order valence-electron chi connectivity index (χ2n) is 4.28. The summed E-state index contributed by atoms with van der Waals surface area (Å²) in [4.78, 5) is 26.1. The third-order valence-electron chi connectivity index (χ3n) is 2.03. The number of halogens is 1. The molecule has 0 aliphatic rings. The Morgan fingerprint density at radius 2 is 2.12 bits per heavy atom. The van der Waals surface area contributed by atoms with Crippen LogP contribution in [0, 0.1) is 0 Å². The van der Waals surface area contributed by atoms with Crippen LogP contribution in [0.25, 0.3) is 0 Å². The van der Waals surface area contributed by atoms with E-state index in [1.54, 1.807) is 13.8 Å². The molecule has 1 heterocycles. The van der Waals surface area contributed by atoms with Crippen LogP contribution in [0.1, 0.15) is 30.6 Å². The summed E-state index contributed by atoms with van der Waals surface area (Å²) in [6, 6.07) is 3.03. The number of aliphatic carboxylic acids is 1. The lowest BCUT2D eigenvalue weighted by Crippen LogP contribution is -2.44. The molecule has 0 aromatic carbocycles. The Balaban J connectivity index is 2.72. The molecule has 0 spiro atoms. The van der Waals surface area contributed by atoms with Crippen LogP contribution in [-0.4, -0.2) is 27.5 Å². The molecule has 5 nitrogen and oxygen atoms in total.